The number of aromatic nitrogens is 1. The molecule has 110 valence electrons. The molecule has 1 aromatic heterocycles. The van der Waals surface area contributed by atoms with Gasteiger partial charge in [0.1, 0.15) is 0 Å². The Morgan fingerprint density at radius 3 is 2.81 bits per heavy atom. The van der Waals surface area contributed by atoms with E-state index in [1.54, 1.807) is 30.3 Å². The van der Waals surface area contributed by atoms with Crippen molar-refractivity contribution in [1.29, 1.82) is 0 Å². The van der Waals surface area contributed by atoms with Gasteiger partial charge in [0.15, 0.2) is 0 Å². The van der Waals surface area contributed by atoms with Crippen molar-refractivity contribution in [2.24, 2.45) is 0 Å². The Bertz CT molecular complexity index is 705. The number of benzene rings is 1. The number of hydrogen-bond acceptors (Lipinski definition) is 4. The molecule has 0 amide bonds. The van der Waals surface area contributed by atoms with Gasteiger partial charge < -0.3 is 9.84 Å². The number of methoxy groups -OCH3 is 1. The number of carbonyl (C=O) groups is 1. The fourth-order valence-corrected chi connectivity index (χ4v) is 3.16. The topological polar surface area (TPSA) is 76.5 Å². The van der Waals surface area contributed by atoms with E-state index in [-0.39, 0.29) is 11.3 Å². The molecule has 1 atom stereocenters. The van der Waals surface area contributed by atoms with Gasteiger partial charge in [-0.2, -0.15) is 0 Å². The first kappa shape index (κ1) is 15.7. The fourth-order valence-electron chi connectivity index (χ4n) is 1.68. The summed E-state index contributed by atoms with van der Waals surface area (Å²) in [5.74, 6) is -0.426. The van der Waals surface area contributed by atoms with Crippen LogP contribution in [0.5, 0.6) is 5.88 Å². The number of ether oxygens (including phenoxy) is 1. The van der Waals surface area contributed by atoms with Crippen LogP contribution in [0.2, 0.25) is 0 Å². The van der Waals surface area contributed by atoms with E-state index < -0.39 is 16.8 Å². The highest BCUT2D eigenvalue weighted by Crippen LogP contribution is 2.21. The fraction of sp³-hybridized carbons (Fsp3) is 0.143. The Balaban J connectivity index is 2.24. The third-order valence-electron chi connectivity index (χ3n) is 2.70. The highest BCUT2D eigenvalue weighted by molar-refractivity contribution is 9.10. The summed E-state index contributed by atoms with van der Waals surface area (Å²) in [6, 6.07) is 9.83. The van der Waals surface area contributed by atoms with Crippen LogP contribution in [0.1, 0.15) is 16.1 Å². The van der Waals surface area contributed by atoms with Crippen LogP contribution < -0.4 is 4.74 Å². The average molecular weight is 370 g/mol. The molecule has 0 fully saturated rings. The zero-order valence-electron chi connectivity index (χ0n) is 11.1. The summed E-state index contributed by atoms with van der Waals surface area (Å²) < 4.78 is 17.8. The molecule has 1 aromatic carbocycles. The van der Waals surface area contributed by atoms with Gasteiger partial charge in [0.05, 0.1) is 34.9 Å². The minimum atomic E-state index is -1.38. The van der Waals surface area contributed by atoms with Crippen LogP contribution in [0.3, 0.4) is 0 Å². The zero-order valence-corrected chi connectivity index (χ0v) is 13.5. The SMILES string of the molecule is COc1cccc(CS(=O)c2ccc(Br)c(C(=O)O)c2)n1. The molecule has 0 spiro atoms. The van der Waals surface area contributed by atoms with Gasteiger partial charge in [-0.3, -0.25) is 4.21 Å². The maximum absolute atomic E-state index is 12.3. The maximum Gasteiger partial charge on any atom is 0.336 e. The van der Waals surface area contributed by atoms with Crippen LogP contribution in [0.25, 0.3) is 0 Å². The van der Waals surface area contributed by atoms with E-state index in [2.05, 4.69) is 20.9 Å². The minimum absolute atomic E-state index is 0.0828. The second-order valence-electron chi connectivity index (χ2n) is 4.11. The first-order valence-corrected chi connectivity index (χ1v) is 8.03. The average Bonchev–Trinajstić information content (AvgIpc) is 2.47. The van der Waals surface area contributed by atoms with Crippen LogP contribution in [-0.2, 0) is 16.6 Å². The molecule has 0 aliphatic carbocycles. The standard InChI is InChI=1S/C14H12BrNO4S/c1-20-13-4-2-3-9(16-13)8-21(19)10-5-6-12(15)11(7-10)14(17)18/h2-7H,8H2,1H3,(H,17,18). The van der Waals surface area contributed by atoms with E-state index in [1.807, 2.05) is 0 Å². The number of halogens is 1. The van der Waals surface area contributed by atoms with Gasteiger partial charge in [-0.25, -0.2) is 9.78 Å². The van der Waals surface area contributed by atoms with Crippen molar-refractivity contribution >= 4 is 32.7 Å². The van der Waals surface area contributed by atoms with E-state index in [0.29, 0.717) is 20.9 Å². The summed E-state index contributed by atoms with van der Waals surface area (Å²) >= 11 is 3.16. The van der Waals surface area contributed by atoms with Gasteiger partial charge >= 0.3 is 5.97 Å². The number of rotatable bonds is 5. The van der Waals surface area contributed by atoms with Gasteiger partial charge in [-0.1, -0.05) is 6.07 Å². The normalized spacial score (nSPS) is 11.9. The van der Waals surface area contributed by atoms with E-state index >= 15 is 0 Å². The Morgan fingerprint density at radius 2 is 2.14 bits per heavy atom. The minimum Gasteiger partial charge on any atom is -0.481 e. The number of pyridine rings is 1. The molecule has 0 aliphatic rings. The Morgan fingerprint density at radius 1 is 1.38 bits per heavy atom. The zero-order chi connectivity index (χ0) is 15.4. The first-order chi connectivity index (χ1) is 10.0. The molecule has 0 saturated heterocycles. The van der Waals surface area contributed by atoms with Crippen molar-refractivity contribution in [3.05, 3.63) is 52.1 Å². The number of nitrogens with zero attached hydrogens (tertiary/aromatic N) is 1. The van der Waals surface area contributed by atoms with Crippen LogP contribution in [0.15, 0.2) is 45.8 Å². The quantitative estimate of drug-likeness (QED) is 0.876. The highest BCUT2D eigenvalue weighted by Gasteiger charge is 2.13. The summed E-state index contributed by atoms with van der Waals surface area (Å²) in [7, 11) is 0.129. The lowest BCUT2D eigenvalue weighted by Gasteiger charge is -2.06. The molecule has 0 radical (unpaired) electrons. The third-order valence-corrected chi connectivity index (χ3v) is 4.73. The Kier molecular flexibility index (Phi) is 5.08. The molecule has 2 rings (SSSR count). The molecular formula is C14H12BrNO4S. The monoisotopic (exact) mass is 369 g/mol. The summed E-state index contributed by atoms with van der Waals surface area (Å²) in [5, 5.41) is 9.07. The van der Waals surface area contributed by atoms with Gasteiger partial charge in [-0.05, 0) is 40.2 Å². The second kappa shape index (κ2) is 6.82. The second-order valence-corrected chi connectivity index (χ2v) is 6.41. The van der Waals surface area contributed by atoms with Crippen molar-refractivity contribution in [3.63, 3.8) is 0 Å². The van der Waals surface area contributed by atoms with E-state index in [4.69, 9.17) is 9.84 Å². The largest absolute Gasteiger partial charge is 0.481 e. The predicted octanol–water partition coefficient (Wildman–Crippen LogP) is 2.86. The molecule has 21 heavy (non-hydrogen) atoms. The lowest BCUT2D eigenvalue weighted by Crippen LogP contribution is -2.03. The predicted molar refractivity (Wildman–Crippen MR) is 82.0 cm³/mol. The molecule has 1 heterocycles. The van der Waals surface area contributed by atoms with Crippen LogP contribution in [0, 0.1) is 0 Å². The molecule has 1 N–H and O–H groups in total. The smallest absolute Gasteiger partial charge is 0.336 e. The van der Waals surface area contributed by atoms with Gasteiger partial charge in [0, 0.05) is 15.4 Å². The van der Waals surface area contributed by atoms with Crippen molar-refractivity contribution in [2.75, 3.05) is 7.11 Å². The van der Waals surface area contributed by atoms with Gasteiger partial charge in [0.2, 0.25) is 5.88 Å². The van der Waals surface area contributed by atoms with Crippen molar-refractivity contribution < 1.29 is 18.8 Å². The van der Waals surface area contributed by atoms with E-state index in [1.165, 1.54) is 13.2 Å². The van der Waals surface area contributed by atoms with Gasteiger partial charge in [-0.15, -0.1) is 0 Å². The van der Waals surface area contributed by atoms with E-state index in [9.17, 15) is 9.00 Å². The third kappa shape index (κ3) is 3.89. The van der Waals surface area contributed by atoms with E-state index in [0.717, 1.165) is 0 Å². The van der Waals surface area contributed by atoms with Crippen molar-refractivity contribution in [3.8, 4) is 5.88 Å². The lowest BCUT2D eigenvalue weighted by atomic mass is 10.2. The molecule has 0 bridgehead atoms. The van der Waals surface area contributed by atoms with Crippen LogP contribution in [-0.4, -0.2) is 27.4 Å². The highest BCUT2D eigenvalue weighted by atomic mass is 79.9. The molecule has 7 heteroatoms. The van der Waals surface area contributed by atoms with Crippen LogP contribution >= 0.6 is 15.9 Å². The first-order valence-electron chi connectivity index (χ1n) is 5.92. The number of carboxylic acid groups (broad SMARTS) is 1. The summed E-state index contributed by atoms with van der Waals surface area (Å²) in [6.45, 7) is 0. The Hall–Kier alpha value is -1.73. The molecule has 0 aliphatic heterocycles. The number of hydrogen-bond donors (Lipinski definition) is 1. The number of aromatic carboxylic acids is 1. The van der Waals surface area contributed by atoms with Gasteiger partial charge in [0.25, 0.3) is 0 Å². The maximum atomic E-state index is 12.3. The molecule has 2 aromatic rings. The molecular weight excluding hydrogens is 358 g/mol. The molecule has 1 unspecified atom stereocenters. The summed E-state index contributed by atoms with van der Waals surface area (Å²) in [6.07, 6.45) is 0. The summed E-state index contributed by atoms with van der Waals surface area (Å²) in [5.41, 5.74) is 0.701. The van der Waals surface area contributed by atoms with Crippen molar-refractivity contribution in [2.45, 2.75) is 10.6 Å². The lowest BCUT2D eigenvalue weighted by molar-refractivity contribution is 0.0695. The Labute approximate surface area is 132 Å². The number of carboxylic acids is 1. The summed E-state index contributed by atoms with van der Waals surface area (Å²) in [4.78, 5) is 15.7. The molecule has 0 saturated carbocycles. The molecule has 5 nitrogen and oxygen atoms in total. The van der Waals surface area contributed by atoms with Crippen molar-refractivity contribution in [1.82, 2.24) is 4.98 Å². The van der Waals surface area contributed by atoms with Crippen LogP contribution in [0.4, 0.5) is 0 Å².